The fraction of sp³-hybridized carbons (Fsp3) is 0.500. The summed E-state index contributed by atoms with van der Waals surface area (Å²) in [5.74, 6) is 6.86. The van der Waals surface area contributed by atoms with Gasteiger partial charge in [-0.1, -0.05) is 0 Å². The predicted molar refractivity (Wildman–Crippen MR) is 63.3 cm³/mol. The molecule has 1 aromatic rings. The SMILES string of the molecule is NOC1CCN(c2ccc3c(c2)OCCO3)C1. The topological polar surface area (TPSA) is 57.0 Å². The third-order valence-electron chi connectivity index (χ3n) is 3.23. The lowest BCUT2D eigenvalue weighted by atomic mass is 10.2. The lowest BCUT2D eigenvalue weighted by Gasteiger charge is -2.23. The first kappa shape index (κ1) is 10.7. The number of ether oxygens (including phenoxy) is 2. The molecule has 2 aliphatic rings. The number of rotatable bonds is 2. The molecule has 5 nitrogen and oxygen atoms in total. The van der Waals surface area contributed by atoms with Gasteiger partial charge in [-0.3, -0.25) is 4.84 Å². The van der Waals surface area contributed by atoms with Crippen molar-refractivity contribution in [3.05, 3.63) is 18.2 Å². The number of benzene rings is 1. The highest BCUT2D eigenvalue weighted by molar-refractivity contribution is 5.57. The number of nitrogens with zero attached hydrogens (tertiary/aromatic N) is 1. The maximum atomic E-state index is 5.57. The van der Waals surface area contributed by atoms with Gasteiger partial charge in [-0.15, -0.1) is 0 Å². The van der Waals surface area contributed by atoms with Crippen molar-refractivity contribution in [3.8, 4) is 11.5 Å². The second-order valence-corrected chi connectivity index (χ2v) is 4.32. The molecule has 92 valence electrons. The molecule has 2 N–H and O–H groups in total. The van der Waals surface area contributed by atoms with E-state index in [1.807, 2.05) is 18.2 Å². The summed E-state index contributed by atoms with van der Waals surface area (Å²) >= 11 is 0. The van der Waals surface area contributed by atoms with Gasteiger partial charge in [0.15, 0.2) is 11.5 Å². The molecule has 3 rings (SSSR count). The summed E-state index contributed by atoms with van der Waals surface area (Å²) in [6.07, 6.45) is 1.09. The van der Waals surface area contributed by atoms with Crippen molar-refractivity contribution < 1.29 is 14.3 Å². The van der Waals surface area contributed by atoms with Crippen molar-refractivity contribution >= 4 is 5.69 Å². The quantitative estimate of drug-likeness (QED) is 0.774. The van der Waals surface area contributed by atoms with Gasteiger partial charge in [-0.25, -0.2) is 5.90 Å². The Kier molecular flexibility index (Phi) is 2.78. The van der Waals surface area contributed by atoms with Crippen LogP contribution in [0.25, 0.3) is 0 Å². The van der Waals surface area contributed by atoms with E-state index in [0.29, 0.717) is 13.2 Å². The number of nitrogens with two attached hydrogens (primary N) is 1. The van der Waals surface area contributed by atoms with E-state index in [9.17, 15) is 0 Å². The summed E-state index contributed by atoms with van der Waals surface area (Å²) in [5.41, 5.74) is 1.13. The van der Waals surface area contributed by atoms with E-state index in [1.165, 1.54) is 0 Å². The first-order valence-electron chi connectivity index (χ1n) is 5.87. The van der Waals surface area contributed by atoms with Crippen LogP contribution in [0.1, 0.15) is 6.42 Å². The van der Waals surface area contributed by atoms with Crippen LogP contribution in [0.4, 0.5) is 5.69 Å². The number of hydrogen-bond acceptors (Lipinski definition) is 5. The zero-order valence-corrected chi connectivity index (χ0v) is 9.59. The average molecular weight is 236 g/mol. The summed E-state index contributed by atoms with van der Waals surface area (Å²) in [7, 11) is 0. The van der Waals surface area contributed by atoms with Crippen LogP contribution in [0.2, 0.25) is 0 Å². The second kappa shape index (κ2) is 4.43. The standard InChI is InChI=1S/C12H16N2O3/c13-17-10-3-4-14(8-10)9-1-2-11-12(7-9)16-6-5-15-11/h1-2,7,10H,3-6,8,13H2. The molecule has 2 aliphatic heterocycles. The molecule has 1 aromatic carbocycles. The molecule has 0 amide bonds. The molecule has 0 radical (unpaired) electrons. The molecule has 5 heteroatoms. The van der Waals surface area contributed by atoms with Crippen LogP contribution in [0.3, 0.4) is 0 Å². The molecule has 1 atom stereocenters. The molecule has 0 bridgehead atoms. The van der Waals surface area contributed by atoms with Crippen molar-refractivity contribution in [1.29, 1.82) is 0 Å². The maximum Gasteiger partial charge on any atom is 0.163 e. The van der Waals surface area contributed by atoms with Crippen LogP contribution in [0, 0.1) is 0 Å². The van der Waals surface area contributed by atoms with Gasteiger partial charge in [0, 0.05) is 24.8 Å². The van der Waals surface area contributed by atoms with Gasteiger partial charge >= 0.3 is 0 Å². The molecule has 0 spiro atoms. The highest BCUT2D eigenvalue weighted by Gasteiger charge is 2.24. The van der Waals surface area contributed by atoms with Crippen molar-refractivity contribution in [2.45, 2.75) is 12.5 Å². The molecule has 0 aliphatic carbocycles. The van der Waals surface area contributed by atoms with Crippen LogP contribution in [-0.2, 0) is 4.84 Å². The first-order valence-corrected chi connectivity index (χ1v) is 5.87. The molecular weight excluding hydrogens is 220 g/mol. The van der Waals surface area contributed by atoms with Crippen LogP contribution in [-0.4, -0.2) is 32.4 Å². The summed E-state index contributed by atoms with van der Waals surface area (Å²) in [6.45, 7) is 3.03. The van der Waals surface area contributed by atoms with E-state index in [2.05, 4.69) is 4.90 Å². The van der Waals surface area contributed by atoms with E-state index in [-0.39, 0.29) is 6.10 Å². The van der Waals surface area contributed by atoms with E-state index < -0.39 is 0 Å². The van der Waals surface area contributed by atoms with Gasteiger partial charge in [-0.2, -0.15) is 0 Å². The molecule has 17 heavy (non-hydrogen) atoms. The van der Waals surface area contributed by atoms with Gasteiger partial charge in [-0.05, 0) is 18.6 Å². The average Bonchev–Trinajstić information content (AvgIpc) is 2.87. The smallest absolute Gasteiger partial charge is 0.163 e. The van der Waals surface area contributed by atoms with Gasteiger partial charge < -0.3 is 14.4 Å². The van der Waals surface area contributed by atoms with E-state index in [0.717, 1.165) is 36.7 Å². The summed E-state index contributed by atoms with van der Waals surface area (Å²) < 4.78 is 11.1. The number of anilines is 1. The van der Waals surface area contributed by atoms with Gasteiger partial charge in [0.1, 0.15) is 13.2 Å². The third kappa shape index (κ3) is 2.03. The zero-order valence-electron chi connectivity index (χ0n) is 9.59. The van der Waals surface area contributed by atoms with Crippen molar-refractivity contribution in [2.24, 2.45) is 5.90 Å². The Balaban J connectivity index is 1.79. The Labute approximate surface area is 100 Å². The van der Waals surface area contributed by atoms with Crippen LogP contribution < -0.4 is 20.3 Å². The minimum absolute atomic E-state index is 0.128. The maximum absolute atomic E-state index is 5.57. The fourth-order valence-electron chi connectivity index (χ4n) is 2.30. The zero-order chi connectivity index (χ0) is 11.7. The molecule has 0 aromatic heterocycles. The van der Waals surface area contributed by atoms with Crippen LogP contribution in [0.5, 0.6) is 11.5 Å². The van der Waals surface area contributed by atoms with Gasteiger partial charge in [0.05, 0.1) is 6.10 Å². The summed E-state index contributed by atoms with van der Waals surface area (Å²) in [6, 6.07) is 6.03. The van der Waals surface area contributed by atoms with Crippen molar-refractivity contribution in [3.63, 3.8) is 0 Å². The van der Waals surface area contributed by atoms with E-state index >= 15 is 0 Å². The Morgan fingerprint density at radius 1 is 1.24 bits per heavy atom. The van der Waals surface area contributed by atoms with E-state index in [1.54, 1.807) is 0 Å². The fourth-order valence-corrected chi connectivity index (χ4v) is 2.30. The molecular formula is C12H16N2O3. The molecule has 1 unspecified atom stereocenters. The van der Waals surface area contributed by atoms with Crippen molar-refractivity contribution in [2.75, 3.05) is 31.2 Å². The Morgan fingerprint density at radius 2 is 2.06 bits per heavy atom. The molecule has 2 heterocycles. The molecule has 1 fully saturated rings. The summed E-state index contributed by atoms with van der Waals surface area (Å²) in [4.78, 5) is 7.12. The minimum Gasteiger partial charge on any atom is -0.486 e. The van der Waals surface area contributed by atoms with Gasteiger partial charge in [0.25, 0.3) is 0 Å². The largest absolute Gasteiger partial charge is 0.486 e. The Bertz CT molecular complexity index is 411. The summed E-state index contributed by atoms with van der Waals surface area (Å²) in [5, 5.41) is 0. The van der Waals surface area contributed by atoms with Crippen molar-refractivity contribution in [1.82, 2.24) is 0 Å². The minimum atomic E-state index is 0.128. The van der Waals surface area contributed by atoms with Crippen LogP contribution >= 0.6 is 0 Å². The van der Waals surface area contributed by atoms with E-state index in [4.69, 9.17) is 20.2 Å². The Hall–Kier alpha value is -1.46. The third-order valence-corrected chi connectivity index (χ3v) is 3.23. The Morgan fingerprint density at radius 3 is 2.82 bits per heavy atom. The predicted octanol–water partition coefficient (Wildman–Crippen LogP) is 0.927. The normalized spacial score (nSPS) is 22.9. The first-order chi connectivity index (χ1) is 8.36. The van der Waals surface area contributed by atoms with Gasteiger partial charge in [0.2, 0.25) is 0 Å². The lowest BCUT2D eigenvalue weighted by molar-refractivity contribution is 0.0690. The molecule has 1 saturated heterocycles. The van der Waals surface area contributed by atoms with Crippen LogP contribution in [0.15, 0.2) is 18.2 Å². The monoisotopic (exact) mass is 236 g/mol. The molecule has 0 saturated carbocycles. The number of hydrogen-bond donors (Lipinski definition) is 1. The highest BCUT2D eigenvalue weighted by atomic mass is 16.6. The second-order valence-electron chi connectivity index (χ2n) is 4.32. The highest BCUT2D eigenvalue weighted by Crippen LogP contribution is 2.35. The lowest BCUT2D eigenvalue weighted by Crippen LogP contribution is -2.24. The number of fused-ring (bicyclic) bond motifs is 1.